The molecule has 1 unspecified atom stereocenters. The molecule has 110 valence electrons. The second-order valence-corrected chi connectivity index (χ2v) is 5.74. The van der Waals surface area contributed by atoms with Gasteiger partial charge >= 0.3 is 5.97 Å². The van der Waals surface area contributed by atoms with Gasteiger partial charge in [0, 0.05) is 19.0 Å². The fourth-order valence-corrected chi connectivity index (χ4v) is 2.54. The topological polar surface area (TPSA) is 47.6 Å². The third kappa shape index (κ3) is 3.51. The van der Waals surface area contributed by atoms with Crippen LogP contribution in [0.15, 0.2) is 24.3 Å². The smallest absolute Gasteiger partial charge is 0.306 e. The molecule has 0 amide bonds. The highest BCUT2D eigenvalue weighted by atomic mass is 16.5. The molecule has 1 aromatic rings. The molecular weight excluding hydrogens is 254 g/mol. The highest BCUT2D eigenvalue weighted by Crippen LogP contribution is 2.36. The van der Waals surface area contributed by atoms with Crippen molar-refractivity contribution in [3.05, 3.63) is 29.8 Å². The molecule has 1 aromatic carbocycles. The van der Waals surface area contributed by atoms with Gasteiger partial charge in [0.15, 0.2) is 0 Å². The molecule has 4 heteroatoms. The number of hydrogen-bond acceptors (Lipinski definition) is 4. The fourth-order valence-electron chi connectivity index (χ4n) is 2.54. The zero-order valence-electron chi connectivity index (χ0n) is 12.4. The third-order valence-electron chi connectivity index (χ3n) is 3.92. The first kappa shape index (κ1) is 14.9. The molecule has 1 N–H and O–H groups in total. The molecular formula is C16H23NO3. The Kier molecular flexibility index (Phi) is 4.65. The molecule has 1 atom stereocenters. The number of methoxy groups -OCH3 is 1. The zero-order chi connectivity index (χ0) is 14.6. The number of nitrogens with one attached hydrogen (secondary N) is 1. The molecule has 4 nitrogen and oxygen atoms in total. The normalized spacial score (nSPS) is 19.9. The molecule has 2 rings (SSSR count). The first-order valence-corrected chi connectivity index (χ1v) is 7.07. The number of hydrogen-bond donors (Lipinski definition) is 1. The Morgan fingerprint density at radius 1 is 1.45 bits per heavy atom. The summed E-state index contributed by atoms with van der Waals surface area (Å²) in [5, 5.41) is 3.33. The molecule has 0 saturated heterocycles. The fraction of sp³-hybridized carbons (Fsp3) is 0.562. The van der Waals surface area contributed by atoms with E-state index in [1.54, 1.807) is 0 Å². The van der Waals surface area contributed by atoms with Crippen molar-refractivity contribution >= 4 is 5.97 Å². The summed E-state index contributed by atoms with van der Waals surface area (Å²) in [6.07, 6.45) is 1.40. The van der Waals surface area contributed by atoms with Gasteiger partial charge < -0.3 is 14.8 Å². The van der Waals surface area contributed by atoms with Gasteiger partial charge in [-0.2, -0.15) is 0 Å². The van der Waals surface area contributed by atoms with E-state index in [0.29, 0.717) is 18.9 Å². The number of carbonyl (C=O) groups excluding carboxylic acids is 1. The number of esters is 1. The van der Waals surface area contributed by atoms with E-state index in [9.17, 15) is 4.79 Å². The average Bonchev–Trinajstić information content (AvgIpc) is 2.42. The van der Waals surface area contributed by atoms with E-state index in [-0.39, 0.29) is 11.6 Å². The van der Waals surface area contributed by atoms with Crippen LogP contribution in [0.4, 0.5) is 0 Å². The summed E-state index contributed by atoms with van der Waals surface area (Å²) in [4.78, 5) is 11.1. The van der Waals surface area contributed by atoms with E-state index in [1.165, 1.54) is 12.7 Å². The second kappa shape index (κ2) is 6.27. The van der Waals surface area contributed by atoms with E-state index in [4.69, 9.17) is 4.74 Å². The Balaban J connectivity index is 1.90. The summed E-state index contributed by atoms with van der Waals surface area (Å²) in [6.45, 7) is 5.71. The molecule has 20 heavy (non-hydrogen) atoms. The van der Waals surface area contributed by atoms with Crippen molar-refractivity contribution in [1.82, 2.24) is 5.32 Å². The predicted molar refractivity (Wildman–Crippen MR) is 77.8 cm³/mol. The van der Waals surface area contributed by atoms with Crippen LogP contribution in [0.5, 0.6) is 5.75 Å². The largest absolute Gasteiger partial charge is 0.487 e. The number of para-hydroxylation sites is 1. The minimum absolute atomic E-state index is 0.179. The number of ether oxygens (including phenoxy) is 2. The molecule has 1 aliphatic rings. The molecule has 0 fully saturated rings. The monoisotopic (exact) mass is 277 g/mol. The third-order valence-corrected chi connectivity index (χ3v) is 3.92. The Labute approximate surface area is 120 Å². The number of benzene rings is 1. The lowest BCUT2D eigenvalue weighted by Crippen LogP contribution is -2.47. The van der Waals surface area contributed by atoms with E-state index in [0.717, 1.165) is 18.7 Å². The quantitative estimate of drug-likeness (QED) is 0.662. The average molecular weight is 277 g/mol. The van der Waals surface area contributed by atoms with Crippen molar-refractivity contribution < 1.29 is 14.3 Å². The van der Waals surface area contributed by atoms with Gasteiger partial charge in [0.1, 0.15) is 11.4 Å². The lowest BCUT2D eigenvalue weighted by molar-refractivity contribution is -0.140. The summed E-state index contributed by atoms with van der Waals surface area (Å²) in [6, 6.07) is 8.19. The first-order valence-electron chi connectivity index (χ1n) is 7.07. The molecule has 0 radical (unpaired) electrons. The summed E-state index contributed by atoms with van der Waals surface area (Å²) in [7, 11) is 1.41. The predicted octanol–water partition coefficient (Wildman–Crippen LogP) is 2.17. The van der Waals surface area contributed by atoms with Gasteiger partial charge in [-0.3, -0.25) is 4.79 Å². The van der Waals surface area contributed by atoms with Gasteiger partial charge in [0.25, 0.3) is 0 Å². The number of carbonyl (C=O) groups is 1. The van der Waals surface area contributed by atoms with Crippen LogP contribution in [0.2, 0.25) is 0 Å². The van der Waals surface area contributed by atoms with E-state index >= 15 is 0 Å². The van der Waals surface area contributed by atoms with Crippen LogP contribution >= 0.6 is 0 Å². The molecule has 0 bridgehead atoms. The highest BCUT2D eigenvalue weighted by Gasteiger charge is 2.36. The number of rotatable bonds is 5. The molecule has 0 spiro atoms. The minimum Gasteiger partial charge on any atom is -0.487 e. The summed E-state index contributed by atoms with van der Waals surface area (Å²) in [5.41, 5.74) is 1.05. The molecule has 0 aliphatic carbocycles. The van der Waals surface area contributed by atoms with Gasteiger partial charge in [0.2, 0.25) is 0 Å². The van der Waals surface area contributed by atoms with Crippen LogP contribution < -0.4 is 10.1 Å². The summed E-state index contributed by atoms with van der Waals surface area (Å²) in [5.74, 6) is 1.19. The van der Waals surface area contributed by atoms with Crippen molar-refractivity contribution in [3.8, 4) is 5.75 Å². The van der Waals surface area contributed by atoms with Crippen LogP contribution in [-0.4, -0.2) is 31.8 Å². The lowest BCUT2D eigenvalue weighted by atomic mass is 9.82. The summed E-state index contributed by atoms with van der Waals surface area (Å²) >= 11 is 0. The van der Waals surface area contributed by atoms with Gasteiger partial charge in [0.05, 0.1) is 13.5 Å². The number of fused-ring (bicyclic) bond motifs is 1. The maximum Gasteiger partial charge on any atom is 0.306 e. The van der Waals surface area contributed by atoms with Crippen molar-refractivity contribution in [2.45, 2.75) is 32.3 Å². The van der Waals surface area contributed by atoms with Crippen molar-refractivity contribution in [3.63, 3.8) is 0 Å². The standard InChI is InChI=1S/C16H23NO3/c1-16(2)13(11-17-9-8-15(18)19-3)10-12-6-4-5-7-14(12)20-16/h4-7,13,17H,8-11H2,1-3H3. The molecule has 0 saturated carbocycles. The molecule has 1 aliphatic heterocycles. The molecule has 1 heterocycles. The van der Waals surface area contributed by atoms with Crippen LogP contribution in [0.25, 0.3) is 0 Å². The van der Waals surface area contributed by atoms with Crippen LogP contribution in [0, 0.1) is 5.92 Å². The van der Waals surface area contributed by atoms with E-state index in [2.05, 4.69) is 30.0 Å². The maximum absolute atomic E-state index is 11.1. The van der Waals surface area contributed by atoms with Crippen LogP contribution in [-0.2, 0) is 16.0 Å². The van der Waals surface area contributed by atoms with Gasteiger partial charge in [-0.1, -0.05) is 18.2 Å². The first-order chi connectivity index (χ1) is 9.53. The van der Waals surface area contributed by atoms with Gasteiger partial charge in [-0.15, -0.1) is 0 Å². The van der Waals surface area contributed by atoms with Crippen molar-refractivity contribution in [2.75, 3.05) is 20.2 Å². The van der Waals surface area contributed by atoms with Gasteiger partial charge in [-0.05, 0) is 31.9 Å². The Hall–Kier alpha value is -1.55. The Bertz CT molecular complexity index is 471. The highest BCUT2D eigenvalue weighted by molar-refractivity contribution is 5.69. The van der Waals surface area contributed by atoms with Crippen LogP contribution in [0.3, 0.4) is 0 Å². The molecule has 0 aromatic heterocycles. The lowest BCUT2D eigenvalue weighted by Gasteiger charge is -2.40. The van der Waals surface area contributed by atoms with E-state index in [1.807, 2.05) is 18.2 Å². The Morgan fingerprint density at radius 2 is 2.20 bits per heavy atom. The van der Waals surface area contributed by atoms with Crippen LogP contribution in [0.1, 0.15) is 25.8 Å². The Morgan fingerprint density at radius 3 is 2.95 bits per heavy atom. The second-order valence-electron chi connectivity index (χ2n) is 5.74. The SMILES string of the molecule is COC(=O)CCNCC1Cc2ccccc2OC1(C)C. The minimum atomic E-state index is -0.202. The van der Waals surface area contributed by atoms with Crippen molar-refractivity contribution in [1.29, 1.82) is 0 Å². The summed E-state index contributed by atoms with van der Waals surface area (Å²) < 4.78 is 10.7. The zero-order valence-corrected chi connectivity index (χ0v) is 12.4. The maximum atomic E-state index is 11.1. The van der Waals surface area contributed by atoms with Crippen molar-refractivity contribution in [2.24, 2.45) is 5.92 Å². The van der Waals surface area contributed by atoms with Gasteiger partial charge in [-0.25, -0.2) is 0 Å². The van der Waals surface area contributed by atoms with E-state index < -0.39 is 0 Å².